The molecule has 0 amide bonds. The molecule has 1 aromatic rings. The minimum absolute atomic E-state index is 0.657. The van der Waals surface area contributed by atoms with E-state index in [0.717, 1.165) is 57.6 Å². The second kappa shape index (κ2) is 10.9. The number of aliphatic imine (C=N–C) groups is 1. The van der Waals surface area contributed by atoms with Crippen LogP contribution in [0.2, 0.25) is 0 Å². The average Bonchev–Trinajstić information content (AvgIpc) is 3.14. The second-order valence-corrected chi connectivity index (χ2v) is 5.89. The van der Waals surface area contributed by atoms with Gasteiger partial charge in [-0.2, -0.15) is 0 Å². The molecule has 1 aromatic heterocycles. The summed E-state index contributed by atoms with van der Waals surface area (Å²) in [5.41, 5.74) is 1.19. The van der Waals surface area contributed by atoms with E-state index in [1.165, 1.54) is 18.4 Å². The molecule has 2 heterocycles. The number of pyridine rings is 1. The maximum atomic E-state index is 5.35. The highest BCUT2D eigenvalue weighted by Gasteiger charge is 2.13. The number of rotatable bonds is 9. The van der Waals surface area contributed by atoms with Crippen molar-refractivity contribution in [3.8, 4) is 0 Å². The third-order valence-corrected chi connectivity index (χ3v) is 3.97. The number of nitrogens with zero attached hydrogens (tertiary/aromatic N) is 3. The van der Waals surface area contributed by atoms with E-state index in [-0.39, 0.29) is 0 Å². The van der Waals surface area contributed by atoms with Gasteiger partial charge in [0, 0.05) is 45.6 Å². The van der Waals surface area contributed by atoms with Crippen LogP contribution in [0.3, 0.4) is 0 Å². The molecule has 1 aliphatic heterocycles. The van der Waals surface area contributed by atoms with Crippen LogP contribution < -0.4 is 15.5 Å². The van der Waals surface area contributed by atoms with E-state index in [2.05, 4.69) is 38.5 Å². The Balaban J connectivity index is 1.86. The molecule has 2 rings (SSSR count). The van der Waals surface area contributed by atoms with Crippen molar-refractivity contribution in [2.24, 2.45) is 4.99 Å². The van der Waals surface area contributed by atoms with Crippen LogP contribution in [0.4, 0.5) is 5.82 Å². The first-order valence-corrected chi connectivity index (χ1v) is 9.13. The maximum Gasteiger partial charge on any atom is 0.191 e. The van der Waals surface area contributed by atoms with Crippen molar-refractivity contribution in [3.05, 3.63) is 23.9 Å². The fourth-order valence-electron chi connectivity index (χ4n) is 2.72. The Morgan fingerprint density at radius 1 is 1.29 bits per heavy atom. The highest BCUT2D eigenvalue weighted by molar-refractivity contribution is 5.79. The van der Waals surface area contributed by atoms with Gasteiger partial charge in [-0.05, 0) is 50.8 Å². The van der Waals surface area contributed by atoms with E-state index < -0.39 is 0 Å². The molecule has 0 saturated carbocycles. The lowest BCUT2D eigenvalue weighted by atomic mass is 10.2. The molecule has 0 aromatic carbocycles. The first kappa shape index (κ1) is 18.5. The molecular weight excluding hydrogens is 302 g/mol. The molecular formula is C18H31N5O. The molecule has 0 unspecified atom stereocenters. The Labute approximate surface area is 145 Å². The van der Waals surface area contributed by atoms with E-state index >= 15 is 0 Å². The van der Waals surface area contributed by atoms with E-state index in [1.807, 2.05) is 19.2 Å². The molecule has 1 saturated heterocycles. The fraction of sp³-hybridized carbons (Fsp3) is 0.667. The Morgan fingerprint density at radius 2 is 2.12 bits per heavy atom. The van der Waals surface area contributed by atoms with Crippen LogP contribution in [0.5, 0.6) is 0 Å². The van der Waals surface area contributed by atoms with Crippen molar-refractivity contribution in [1.29, 1.82) is 0 Å². The number of guanidine groups is 1. The van der Waals surface area contributed by atoms with Gasteiger partial charge in [0.2, 0.25) is 0 Å². The summed E-state index contributed by atoms with van der Waals surface area (Å²) in [6, 6.07) is 4.20. The SMILES string of the molecule is CCNC(=NCc1ccnc(N2CCCC2)c1)NCCCOCC. The number of aromatic nitrogens is 1. The summed E-state index contributed by atoms with van der Waals surface area (Å²) < 4.78 is 5.35. The molecule has 2 N–H and O–H groups in total. The van der Waals surface area contributed by atoms with Crippen LogP contribution in [-0.4, -0.2) is 50.3 Å². The van der Waals surface area contributed by atoms with Crippen molar-refractivity contribution in [2.45, 2.75) is 39.7 Å². The van der Waals surface area contributed by atoms with Crippen molar-refractivity contribution >= 4 is 11.8 Å². The fourth-order valence-corrected chi connectivity index (χ4v) is 2.72. The zero-order chi connectivity index (χ0) is 17.0. The Kier molecular flexibility index (Phi) is 8.38. The Hall–Kier alpha value is -1.82. The quantitative estimate of drug-likeness (QED) is 0.412. The standard InChI is InChI=1S/C18H31N5O/c1-3-19-18(21-9-7-13-24-4-2)22-15-16-8-10-20-17(14-16)23-11-5-6-12-23/h8,10,14H,3-7,9,11-13,15H2,1-2H3,(H2,19,21,22). The predicted molar refractivity (Wildman–Crippen MR) is 99.6 cm³/mol. The van der Waals surface area contributed by atoms with Gasteiger partial charge < -0.3 is 20.3 Å². The topological polar surface area (TPSA) is 61.8 Å². The Morgan fingerprint density at radius 3 is 2.88 bits per heavy atom. The highest BCUT2D eigenvalue weighted by Crippen LogP contribution is 2.18. The predicted octanol–water partition coefficient (Wildman–Crippen LogP) is 2.16. The zero-order valence-electron chi connectivity index (χ0n) is 15.1. The van der Waals surface area contributed by atoms with Crippen LogP contribution in [0, 0.1) is 0 Å². The second-order valence-electron chi connectivity index (χ2n) is 5.89. The first-order valence-electron chi connectivity index (χ1n) is 9.13. The van der Waals surface area contributed by atoms with Crippen molar-refractivity contribution in [2.75, 3.05) is 44.3 Å². The van der Waals surface area contributed by atoms with Gasteiger partial charge >= 0.3 is 0 Å². The monoisotopic (exact) mass is 333 g/mol. The molecule has 0 bridgehead atoms. The molecule has 6 heteroatoms. The van der Waals surface area contributed by atoms with Crippen molar-refractivity contribution < 1.29 is 4.74 Å². The maximum absolute atomic E-state index is 5.35. The van der Waals surface area contributed by atoms with Crippen molar-refractivity contribution in [3.63, 3.8) is 0 Å². The number of ether oxygens (including phenoxy) is 1. The van der Waals surface area contributed by atoms with Gasteiger partial charge in [-0.25, -0.2) is 9.98 Å². The zero-order valence-corrected chi connectivity index (χ0v) is 15.1. The largest absolute Gasteiger partial charge is 0.382 e. The van der Waals surface area contributed by atoms with Gasteiger partial charge in [0.15, 0.2) is 5.96 Å². The van der Waals surface area contributed by atoms with Gasteiger partial charge in [-0.15, -0.1) is 0 Å². The average molecular weight is 333 g/mol. The van der Waals surface area contributed by atoms with Crippen LogP contribution >= 0.6 is 0 Å². The van der Waals surface area contributed by atoms with Gasteiger partial charge in [-0.1, -0.05) is 0 Å². The highest BCUT2D eigenvalue weighted by atomic mass is 16.5. The minimum atomic E-state index is 0.657. The molecule has 6 nitrogen and oxygen atoms in total. The van der Waals surface area contributed by atoms with Crippen LogP contribution in [-0.2, 0) is 11.3 Å². The molecule has 0 spiro atoms. The van der Waals surface area contributed by atoms with E-state index in [1.54, 1.807) is 0 Å². The third-order valence-electron chi connectivity index (χ3n) is 3.97. The van der Waals surface area contributed by atoms with Gasteiger partial charge in [0.1, 0.15) is 5.82 Å². The van der Waals surface area contributed by atoms with Gasteiger partial charge in [-0.3, -0.25) is 0 Å². The normalized spacial score (nSPS) is 14.9. The first-order chi connectivity index (χ1) is 11.8. The summed E-state index contributed by atoms with van der Waals surface area (Å²) in [4.78, 5) is 11.5. The lowest BCUT2D eigenvalue weighted by molar-refractivity contribution is 0.145. The van der Waals surface area contributed by atoms with E-state index in [9.17, 15) is 0 Å². The third kappa shape index (κ3) is 6.35. The molecule has 0 aliphatic carbocycles. The number of hydrogen-bond donors (Lipinski definition) is 2. The molecule has 134 valence electrons. The molecule has 1 fully saturated rings. The van der Waals surface area contributed by atoms with Crippen LogP contribution in [0.15, 0.2) is 23.3 Å². The van der Waals surface area contributed by atoms with Gasteiger partial charge in [0.05, 0.1) is 6.54 Å². The summed E-state index contributed by atoms with van der Waals surface area (Å²) in [6.07, 6.45) is 5.40. The summed E-state index contributed by atoms with van der Waals surface area (Å²) in [5, 5.41) is 6.64. The minimum Gasteiger partial charge on any atom is -0.382 e. The van der Waals surface area contributed by atoms with E-state index in [0.29, 0.717) is 6.54 Å². The number of hydrogen-bond acceptors (Lipinski definition) is 4. The summed E-state index contributed by atoms with van der Waals surface area (Å²) >= 11 is 0. The lowest BCUT2D eigenvalue weighted by Crippen LogP contribution is -2.38. The lowest BCUT2D eigenvalue weighted by Gasteiger charge is -2.16. The summed E-state index contributed by atoms with van der Waals surface area (Å²) in [7, 11) is 0. The molecule has 0 atom stereocenters. The van der Waals surface area contributed by atoms with Crippen LogP contribution in [0.25, 0.3) is 0 Å². The summed E-state index contributed by atoms with van der Waals surface area (Å²) in [6.45, 7) is 10.3. The van der Waals surface area contributed by atoms with E-state index in [4.69, 9.17) is 4.74 Å². The molecule has 24 heavy (non-hydrogen) atoms. The smallest absolute Gasteiger partial charge is 0.191 e. The Bertz CT molecular complexity index is 500. The van der Waals surface area contributed by atoms with Crippen LogP contribution in [0.1, 0.15) is 38.7 Å². The number of anilines is 1. The summed E-state index contributed by atoms with van der Waals surface area (Å²) in [5.74, 6) is 1.93. The molecule has 0 radical (unpaired) electrons. The van der Waals surface area contributed by atoms with Crippen molar-refractivity contribution in [1.82, 2.24) is 15.6 Å². The van der Waals surface area contributed by atoms with Gasteiger partial charge in [0.25, 0.3) is 0 Å². The number of nitrogens with one attached hydrogen (secondary N) is 2. The molecule has 1 aliphatic rings.